The average molecular weight is 380 g/mol. The van der Waals surface area contributed by atoms with Crippen LogP contribution in [0.5, 0.6) is 0 Å². The number of carbonyl (C=O) groups excluding carboxylic acids is 2. The van der Waals surface area contributed by atoms with Gasteiger partial charge in [-0.15, -0.1) is 0 Å². The van der Waals surface area contributed by atoms with Crippen LogP contribution in [-0.4, -0.2) is 54.3 Å². The van der Waals surface area contributed by atoms with Crippen LogP contribution >= 0.6 is 0 Å². The summed E-state index contributed by atoms with van der Waals surface area (Å²) in [5.74, 6) is 0.459. The first-order valence-corrected chi connectivity index (χ1v) is 9.93. The predicted molar refractivity (Wildman–Crippen MR) is 110 cm³/mol. The van der Waals surface area contributed by atoms with Crippen molar-refractivity contribution in [3.05, 3.63) is 59.8 Å². The molecule has 1 aromatic heterocycles. The summed E-state index contributed by atoms with van der Waals surface area (Å²) in [5.41, 5.74) is 1.84. The monoisotopic (exact) mass is 380 g/mol. The summed E-state index contributed by atoms with van der Waals surface area (Å²) in [6.45, 7) is 6.39. The van der Waals surface area contributed by atoms with Crippen molar-refractivity contribution in [2.45, 2.75) is 32.4 Å². The van der Waals surface area contributed by atoms with Crippen molar-refractivity contribution in [1.29, 1.82) is 0 Å². The van der Waals surface area contributed by atoms with Crippen LogP contribution in [0, 0.1) is 0 Å². The number of benzene rings is 1. The highest BCUT2D eigenvalue weighted by atomic mass is 16.2. The second kappa shape index (κ2) is 9.99. The van der Waals surface area contributed by atoms with E-state index >= 15 is 0 Å². The molecule has 28 heavy (non-hydrogen) atoms. The minimum absolute atomic E-state index is 0.236. The number of anilines is 1. The van der Waals surface area contributed by atoms with Gasteiger partial charge in [-0.25, -0.2) is 4.98 Å². The molecule has 2 heterocycles. The van der Waals surface area contributed by atoms with Crippen molar-refractivity contribution in [3.8, 4) is 0 Å². The molecular weight excluding hydrogens is 352 g/mol. The number of carbonyl (C=O) groups is 2. The van der Waals surface area contributed by atoms with E-state index in [1.54, 1.807) is 18.3 Å². The van der Waals surface area contributed by atoms with Crippen LogP contribution in [0.2, 0.25) is 0 Å². The Labute approximate surface area is 166 Å². The fourth-order valence-electron chi connectivity index (χ4n) is 3.52. The van der Waals surface area contributed by atoms with E-state index in [0.29, 0.717) is 17.8 Å². The minimum atomic E-state index is -0.451. The predicted octanol–water partition coefficient (Wildman–Crippen LogP) is 2.50. The molecule has 0 saturated carbocycles. The number of pyridine rings is 1. The van der Waals surface area contributed by atoms with Crippen LogP contribution in [0.25, 0.3) is 0 Å². The standard InChI is InChI=1S/C22H28N4O2/c1-2-7-19(17-27)24-22(28)20-10-6-11-23-21(20)26-14-12-25(13-15-26)16-18-8-4-3-5-9-18/h3-6,8-11,17,19H,2,7,12-16H2,1H3,(H,24,28). The van der Waals surface area contributed by atoms with Gasteiger partial charge in [0, 0.05) is 38.9 Å². The van der Waals surface area contributed by atoms with Gasteiger partial charge in [-0.2, -0.15) is 0 Å². The Morgan fingerprint density at radius 1 is 1.14 bits per heavy atom. The summed E-state index contributed by atoms with van der Waals surface area (Å²) in [4.78, 5) is 32.9. The van der Waals surface area contributed by atoms with Crippen molar-refractivity contribution in [2.75, 3.05) is 31.1 Å². The van der Waals surface area contributed by atoms with Crippen molar-refractivity contribution in [1.82, 2.24) is 15.2 Å². The maximum atomic E-state index is 12.7. The van der Waals surface area contributed by atoms with Gasteiger partial charge < -0.3 is 15.0 Å². The summed E-state index contributed by atoms with van der Waals surface area (Å²) in [7, 11) is 0. The lowest BCUT2D eigenvalue weighted by molar-refractivity contribution is -0.109. The SMILES string of the molecule is CCCC(C=O)NC(=O)c1cccnc1N1CCN(Cc2ccccc2)CC1. The zero-order chi connectivity index (χ0) is 19.8. The first kappa shape index (κ1) is 20.0. The molecule has 1 amide bonds. The van der Waals surface area contributed by atoms with Crippen molar-refractivity contribution in [2.24, 2.45) is 0 Å². The quantitative estimate of drug-likeness (QED) is 0.713. The Morgan fingerprint density at radius 3 is 2.57 bits per heavy atom. The number of aromatic nitrogens is 1. The van der Waals surface area contributed by atoms with Gasteiger partial charge in [0.05, 0.1) is 11.6 Å². The fraction of sp³-hybridized carbons (Fsp3) is 0.409. The molecule has 3 rings (SSSR count). The fourth-order valence-corrected chi connectivity index (χ4v) is 3.52. The zero-order valence-corrected chi connectivity index (χ0v) is 16.4. The van der Waals surface area contributed by atoms with Crippen LogP contribution in [0.1, 0.15) is 35.7 Å². The molecule has 1 aliphatic rings. The number of hydrogen-bond acceptors (Lipinski definition) is 5. The van der Waals surface area contributed by atoms with E-state index in [4.69, 9.17) is 0 Å². The average Bonchev–Trinajstić information content (AvgIpc) is 2.74. The van der Waals surface area contributed by atoms with E-state index in [1.165, 1.54) is 5.56 Å². The lowest BCUT2D eigenvalue weighted by Gasteiger charge is -2.36. The molecule has 1 N–H and O–H groups in total. The van der Waals surface area contributed by atoms with E-state index in [0.717, 1.165) is 45.4 Å². The third-order valence-electron chi connectivity index (χ3n) is 5.03. The molecule has 0 aliphatic carbocycles. The molecule has 1 unspecified atom stereocenters. The highest BCUT2D eigenvalue weighted by molar-refractivity contribution is 6.00. The first-order valence-electron chi connectivity index (χ1n) is 9.93. The van der Waals surface area contributed by atoms with Gasteiger partial charge in [0.1, 0.15) is 12.1 Å². The third kappa shape index (κ3) is 5.16. The van der Waals surface area contributed by atoms with Crippen LogP contribution in [0.4, 0.5) is 5.82 Å². The van der Waals surface area contributed by atoms with E-state index in [1.807, 2.05) is 13.0 Å². The molecule has 1 aromatic carbocycles. The lowest BCUT2D eigenvalue weighted by Crippen LogP contribution is -2.47. The van der Waals surface area contributed by atoms with Crippen molar-refractivity contribution < 1.29 is 9.59 Å². The molecule has 2 aromatic rings. The molecular formula is C22H28N4O2. The molecule has 1 fully saturated rings. The van der Waals surface area contributed by atoms with Gasteiger partial charge in [0.15, 0.2) is 0 Å². The topological polar surface area (TPSA) is 65.5 Å². The Morgan fingerprint density at radius 2 is 1.89 bits per heavy atom. The second-order valence-corrected chi connectivity index (χ2v) is 7.13. The minimum Gasteiger partial charge on any atom is -0.353 e. The summed E-state index contributed by atoms with van der Waals surface area (Å²) >= 11 is 0. The number of amides is 1. The van der Waals surface area contributed by atoms with Crippen molar-refractivity contribution >= 4 is 18.0 Å². The molecule has 1 atom stereocenters. The summed E-state index contributed by atoms with van der Waals surface area (Å²) < 4.78 is 0. The van der Waals surface area contributed by atoms with E-state index < -0.39 is 6.04 Å². The zero-order valence-electron chi connectivity index (χ0n) is 16.4. The van der Waals surface area contributed by atoms with Gasteiger partial charge in [-0.3, -0.25) is 9.69 Å². The van der Waals surface area contributed by atoms with E-state index in [2.05, 4.69) is 44.4 Å². The van der Waals surface area contributed by atoms with Gasteiger partial charge in [0.25, 0.3) is 5.91 Å². The molecule has 0 spiro atoms. The van der Waals surface area contributed by atoms with Crippen LogP contribution in [0.3, 0.4) is 0 Å². The molecule has 1 saturated heterocycles. The number of aldehydes is 1. The van der Waals surface area contributed by atoms with E-state index in [-0.39, 0.29) is 5.91 Å². The van der Waals surface area contributed by atoms with Crippen LogP contribution in [0.15, 0.2) is 48.7 Å². The number of nitrogens with one attached hydrogen (secondary N) is 1. The lowest BCUT2D eigenvalue weighted by atomic mass is 10.1. The number of piperazine rings is 1. The molecule has 1 aliphatic heterocycles. The Balaban J connectivity index is 1.63. The maximum Gasteiger partial charge on any atom is 0.255 e. The maximum absolute atomic E-state index is 12.7. The third-order valence-corrected chi connectivity index (χ3v) is 5.03. The molecule has 0 radical (unpaired) electrons. The summed E-state index contributed by atoms with van der Waals surface area (Å²) in [5, 5.41) is 2.82. The normalized spacial score (nSPS) is 15.8. The Kier molecular flexibility index (Phi) is 7.14. The number of rotatable bonds is 8. The smallest absolute Gasteiger partial charge is 0.255 e. The van der Waals surface area contributed by atoms with Crippen LogP contribution in [-0.2, 0) is 11.3 Å². The van der Waals surface area contributed by atoms with Gasteiger partial charge in [-0.05, 0) is 24.1 Å². The molecule has 148 valence electrons. The summed E-state index contributed by atoms with van der Waals surface area (Å²) in [6, 6.07) is 13.5. The number of nitrogens with zero attached hydrogens (tertiary/aromatic N) is 3. The Bertz CT molecular complexity index is 773. The number of hydrogen-bond donors (Lipinski definition) is 1. The largest absolute Gasteiger partial charge is 0.353 e. The molecule has 6 nitrogen and oxygen atoms in total. The van der Waals surface area contributed by atoms with Gasteiger partial charge in [-0.1, -0.05) is 43.7 Å². The van der Waals surface area contributed by atoms with Gasteiger partial charge >= 0.3 is 0 Å². The van der Waals surface area contributed by atoms with Crippen LogP contribution < -0.4 is 10.2 Å². The molecule has 0 bridgehead atoms. The summed E-state index contributed by atoms with van der Waals surface area (Å²) in [6.07, 6.45) is 4.00. The van der Waals surface area contributed by atoms with E-state index in [9.17, 15) is 9.59 Å². The highest BCUT2D eigenvalue weighted by Gasteiger charge is 2.23. The highest BCUT2D eigenvalue weighted by Crippen LogP contribution is 2.20. The second-order valence-electron chi connectivity index (χ2n) is 7.13. The van der Waals surface area contributed by atoms with Crippen molar-refractivity contribution in [3.63, 3.8) is 0 Å². The first-order chi connectivity index (χ1) is 13.7. The van der Waals surface area contributed by atoms with Gasteiger partial charge in [0.2, 0.25) is 0 Å². The molecule has 6 heteroatoms. The Hall–Kier alpha value is -2.73.